The summed E-state index contributed by atoms with van der Waals surface area (Å²) in [6, 6.07) is 0.404. The Hall–Kier alpha value is -0.520. The van der Waals surface area contributed by atoms with E-state index in [0.717, 1.165) is 25.3 Å². The van der Waals surface area contributed by atoms with Crippen LogP contribution in [0.15, 0.2) is 0 Å². The van der Waals surface area contributed by atoms with Gasteiger partial charge in [-0.3, -0.25) is 0 Å². The first kappa shape index (κ1) is 14.4. The minimum Gasteiger partial charge on any atom is -0.375 e. The smallest absolute Gasteiger partial charge is 0.0772 e. The van der Waals surface area contributed by atoms with E-state index in [2.05, 4.69) is 28.8 Å². The average molecular weight is 295 g/mol. The molecule has 20 heavy (non-hydrogen) atoms. The lowest BCUT2D eigenvalue weighted by Crippen LogP contribution is -2.42. The molecular weight excluding hydrogens is 270 g/mol. The predicted molar refractivity (Wildman–Crippen MR) is 80.9 cm³/mol. The highest BCUT2D eigenvalue weighted by Crippen LogP contribution is 2.45. The van der Waals surface area contributed by atoms with Gasteiger partial charge in [-0.05, 0) is 56.6 Å². The van der Waals surface area contributed by atoms with Crippen molar-refractivity contribution in [2.45, 2.75) is 64.0 Å². The van der Waals surface area contributed by atoms with E-state index in [1.165, 1.54) is 37.0 Å². The van der Waals surface area contributed by atoms with Crippen LogP contribution in [-0.2, 0) is 4.74 Å². The number of hydrogen-bond donors (Lipinski definition) is 1. The van der Waals surface area contributed by atoms with Gasteiger partial charge in [0, 0.05) is 12.6 Å². The monoisotopic (exact) mass is 295 g/mol. The van der Waals surface area contributed by atoms with Crippen LogP contribution in [0.4, 0.5) is 0 Å². The summed E-state index contributed by atoms with van der Waals surface area (Å²) < 4.78 is 10.3. The second-order valence-corrected chi connectivity index (χ2v) is 7.04. The molecule has 3 rings (SSSR count). The standard InChI is InChI=1S/C15H25N3OS/c1-3-16-13(14-11(2)17-18-20-14)12-6-9-19-15(10-12)7-4-5-8-15/h12-13,16H,3-10H2,1-2H3. The minimum atomic E-state index is 0.183. The third-order valence-electron chi connectivity index (χ3n) is 4.91. The summed E-state index contributed by atoms with van der Waals surface area (Å²) >= 11 is 1.56. The van der Waals surface area contributed by atoms with Gasteiger partial charge >= 0.3 is 0 Å². The second-order valence-electron chi connectivity index (χ2n) is 6.25. The van der Waals surface area contributed by atoms with Crippen LogP contribution in [0.3, 0.4) is 0 Å². The van der Waals surface area contributed by atoms with Crippen molar-refractivity contribution >= 4 is 11.5 Å². The first-order valence-electron chi connectivity index (χ1n) is 7.90. The van der Waals surface area contributed by atoms with Crippen LogP contribution >= 0.6 is 11.5 Å². The molecule has 0 amide bonds. The molecule has 1 aromatic rings. The van der Waals surface area contributed by atoms with Crippen molar-refractivity contribution in [2.24, 2.45) is 5.92 Å². The molecule has 0 aromatic carbocycles. The van der Waals surface area contributed by atoms with Gasteiger partial charge in [0.1, 0.15) is 0 Å². The molecule has 1 aromatic heterocycles. The molecule has 2 heterocycles. The van der Waals surface area contributed by atoms with Crippen molar-refractivity contribution in [3.8, 4) is 0 Å². The van der Waals surface area contributed by atoms with E-state index in [1.807, 2.05) is 0 Å². The van der Waals surface area contributed by atoms with Crippen molar-refractivity contribution in [3.05, 3.63) is 10.6 Å². The first-order valence-corrected chi connectivity index (χ1v) is 8.68. The van der Waals surface area contributed by atoms with E-state index in [4.69, 9.17) is 4.74 Å². The maximum Gasteiger partial charge on any atom is 0.0772 e. The summed E-state index contributed by atoms with van der Waals surface area (Å²) in [5, 5.41) is 7.88. The Balaban J connectivity index is 1.79. The summed E-state index contributed by atoms with van der Waals surface area (Å²) in [4.78, 5) is 1.33. The van der Waals surface area contributed by atoms with Gasteiger partial charge in [0.15, 0.2) is 0 Å². The van der Waals surface area contributed by atoms with Crippen LogP contribution in [-0.4, -0.2) is 28.3 Å². The van der Waals surface area contributed by atoms with E-state index in [0.29, 0.717) is 12.0 Å². The third kappa shape index (κ3) is 2.76. The molecule has 4 nitrogen and oxygen atoms in total. The van der Waals surface area contributed by atoms with Crippen LogP contribution in [0.5, 0.6) is 0 Å². The molecular formula is C15H25N3OS. The molecule has 0 radical (unpaired) electrons. The Labute approximate surface area is 125 Å². The van der Waals surface area contributed by atoms with Gasteiger partial charge in [-0.1, -0.05) is 24.3 Å². The number of aromatic nitrogens is 2. The summed E-state index contributed by atoms with van der Waals surface area (Å²) in [7, 11) is 0. The van der Waals surface area contributed by atoms with Crippen molar-refractivity contribution in [2.75, 3.05) is 13.2 Å². The largest absolute Gasteiger partial charge is 0.375 e. The zero-order chi connectivity index (χ0) is 14.0. The van der Waals surface area contributed by atoms with Crippen molar-refractivity contribution in [1.29, 1.82) is 0 Å². The van der Waals surface area contributed by atoms with Gasteiger partial charge in [0.2, 0.25) is 0 Å². The highest BCUT2D eigenvalue weighted by Gasteiger charge is 2.42. The summed E-state index contributed by atoms with van der Waals surface area (Å²) in [5.41, 5.74) is 1.27. The van der Waals surface area contributed by atoms with Gasteiger partial charge in [0.25, 0.3) is 0 Å². The zero-order valence-electron chi connectivity index (χ0n) is 12.5. The SMILES string of the molecule is CCNC(c1snnc1C)C1CCOC2(CCCC2)C1. The normalized spacial score (nSPS) is 27.0. The maximum atomic E-state index is 6.18. The van der Waals surface area contributed by atoms with Crippen molar-refractivity contribution in [1.82, 2.24) is 14.9 Å². The van der Waals surface area contributed by atoms with E-state index in [-0.39, 0.29) is 5.60 Å². The number of aryl methyl sites for hydroxylation is 1. The molecule has 2 atom stereocenters. The molecule has 2 fully saturated rings. The molecule has 2 unspecified atom stereocenters. The Morgan fingerprint density at radius 1 is 1.45 bits per heavy atom. The molecule has 1 aliphatic heterocycles. The highest BCUT2D eigenvalue weighted by atomic mass is 32.1. The van der Waals surface area contributed by atoms with E-state index in [9.17, 15) is 0 Å². The van der Waals surface area contributed by atoms with Crippen LogP contribution in [0.2, 0.25) is 0 Å². The number of nitrogens with zero attached hydrogens (tertiary/aromatic N) is 2. The third-order valence-corrected chi connectivity index (χ3v) is 5.82. The van der Waals surface area contributed by atoms with Gasteiger partial charge in [-0.15, -0.1) is 5.10 Å². The zero-order valence-corrected chi connectivity index (χ0v) is 13.3. The Morgan fingerprint density at radius 2 is 2.25 bits per heavy atom. The Kier molecular flexibility index (Phi) is 4.38. The van der Waals surface area contributed by atoms with E-state index < -0.39 is 0 Å². The molecule has 2 aliphatic rings. The lowest BCUT2D eigenvalue weighted by molar-refractivity contribution is -0.0980. The Bertz CT molecular complexity index is 442. The minimum absolute atomic E-state index is 0.183. The van der Waals surface area contributed by atoms with Crippen LogP contribution in [0.25, 0.3) is 0 Å². The Morgan fingerprint density at radius 3 is 2.90 bits per heavy atom. The predicted octanol–water partition coefficient (Wildman–Crippen LogP) is 3.24. The molecule has 0 bridgehead atoms. The van der Waals surface area contributed by atoms with E-state index in [1.54, 1.807) is 11.5 Å². The van der Waals surface area contributed by atoms with Gasteiger partial charge in [-0.2, -0.15) is 0 Å². The number of nitrogens with one attached hydrogen (secondary N) is 1. The van der Waals surface area contributed by atoms with Gasteiger partial charge in [-0.25, -0.2) is 0 Å². The topological polar surface area (TPSA) is 47.0 Å². The van der Waals surface area contributed by atoms with Gasteiger partial charge < -0.3 is 10.1 Å². The van der Waals surface area contributed by atoms with Crippen LogP contribution < -0.4 is 5.32 Å². The van der Waals surface area contributed by atoms with Crippen molar-refractivity contribution in [3.63, 3.8) is 0 Å². The fourth-order valence-electron chi connectivity index (χ4n) is 3.93. The summed E-state index contributed by atoms with van der Waals surface area (Å²) in [6.07, 6.45) is 7.52. The number of hydrogen-bond acceptors (Lipinski definition) is 5. The van der Waals surface area contributed by atoms with Gasteiger partial charge in [0.05, 0.1) is 16.2 Å². The fraction of sp³-hybridized carbons (Fsp3) is 0.867. The lowest BCUT2D eigenvalue weighted by atomic mass is 9.80. The lowest BCUT2D eigenvalue weighted by Gasteiger charge is -2.41. The quantitative estimate of drug-likeness (QED) is 0.926. The average Bonchev–Trinajstić information content (AvgIpc) is 3.06. The number of ether oxygens (including phenoxy) is 1. The van der Waals surface area contributed by atoms with Crippen molar-refractivity contribution < 1.29 is 4.74 Å². The van der Waals surface area contributed by atoms with Crippen LogP contribution in [0.1, 0.15) is 62.1 Å². The highest BCUT2D eigenvalue weighted by molar-refractivity contribution is 7.05. The fourth-order valence-corrected chi connectivity index (χ4v) is 4.75. The molecule has 1 N–H and O–H groups in total. The maximum absolute atomic E-state index is 6.18. The molecule has 1 spiro atoms. The summed E-state index contributed by atoms with van der Waals surface area (Å²) in [5.74, 6) is 0.655. The molecule has 112 valence electrons. The molecule has 1 saturated carbocycles. The van der Waals surface area contributed by atoms with Crippen LogP contribution in [0, 0.1) is 12.8 Å². The van der Waals surface area contributed by atoms with E-state index >= 15 is 0 Å². The molecule has 1 saturated heterocycles. The molecule has 5 heteroatoms. The number of rotatable bonds is 4. The summed E-state index contributed by atoms with van der Waals surface area (Å²) in [6.45, 7) is 6.17. The first-order chi connectivity index (χ1) is 9.74. The second kappa shape index (κ2) is 6.08. The molecule has 1 aliphatic carbocycles.